The van der Waals surface area contributed by atoms with Crippen LogP contribution in [0.5, 0.6) is 0 Å². The summed E-state index contributed by atoms with van der Waals surface area (Å²) in [6.07, 6.45) is 4.60. The molecule has 0 aliphatic carbocycles. The monoisotopic (exact) mass is 344 g/mol. The van der Waals surface area contributed by atoms with Gasteiger partial charge in [0.25, 0.3) is 0 Å². The standard InChI is InChI=1S/C20H32N4O/c1-22(2)20(25)24-14-10-19(11-15-24)21-18-8-12-23(13-9-18)16-17-6-4-3-5-7-17/h3-7,18-19,21H,8-16H2,1-2H3. The molecule has 5 heteroatoms. The third kappa shape index (κ3) is 5.19. The van der Waals surface area contributed by atoms with Gasteiger partial charge in [0.15, 0.2) is 0 Å². The molecule has 1 aromatic rings. The van der Waals surface area contributed by atoms with E-state index >= 15 is 0 Å². The molecule has 2 heterocycles. The summed E-state index contributed by atoms with van der Waals surface area (Å²) < 4.78 is 0. The molecule has 2 saturated heterocycles. The summed E-state index contributed by atoms with van der Waals surface area (Å²) in [4.78, 5) is 18.2. The van der Waals surface area contributed by atoms with Gasteiger partial charge in [-0.05, 0) is 44.3 Å². The number of rotatable bonds is 4. The number of likely N-dealkylation sites (tertiary alicyclic amines) is 2. The lowest BCUT2D eigenvalue weighted by molar-refractivity contribution is 0.141. The third-order valence-electron chi connectivity index (χ3n) is 5.46. The van der Waals surface area contributed by atoms with Crippen LogP contribution >= 0.6 is 0 Å². The van der Waals surface area contributed by atoms with Crippen LogP contribution in [0.3, 0.4) is 0 Å². The predicted molar refractivity (Wildman–Crippen MR) is 102 cm³/mol. The molecule has 1 N–H and O–H groups in total. The van der Waals surface area contributed by atoms with E-state index in [1.807, 2.05) is 19.0 Å². The van der Waals surface area contributed by atoms with Gasteiger partial charge in [-0.15, -0.1) is 0 Å². The molecule has 0 saturated carbocycles. The average Bonchev–Trinajstić information content (AvgIpc) is 2.64. The number of nitrogens with zero attached hydrogens (tertiary/aromatic N) is 3. The summed E-state index contributed by atoms with van der Waals surface area (Å²) in [5.74, 6) is 0. The average molecular weight is 345 g/mol. The molecular formula is C20H32N4O. The molecule has 5 nitrogen and oxygen atoms in total. The van der Waals surface area contributed by atoms with Gasteiger partial charge in [0, 0.05) is 45.8 Å². The number of carbonyl (C=O) groups is 1. The van der Waals surface area contributed by atoms with E-state index in [1.54, 1.807) is 4.90 Å². The summed E-state index contributed by atoms with van der Waals surface area (Å²) in [6.45, 7) is 5.16. The molecule has 25 heavy (non-hydrogen) atoms. The highest BCUT2D eigenvalue weighted by molar-refractivity contribution is 5.73. The Bertz CT molecular complexity index is 532. The van der Waals surface area contributed by atoms with Gasteiger partial charge in [0.2, 0.25) is 0 Å². The molecule has 0 unspecified atom stereocenters. The lowest BCUT2D eigenvalue weighted by atomic mass is 9.99. The number of benzene rings is 1. The van der Waals surface area contributed by atoms with Crippen molar-refractivity contribution in [2.24, 2.45) is 0 Å². The van der Waals surface area contributed by atoms with Gasteiger partial charge >= 0.3 is 6.03 Å². The van der Waals surface area contributed by atoms with Crippen molar-refractivity contribution in [2.75, 3.05) is 40.3 Å². The van der Waals surface area contributed by atoms with Crippen molar-refractivity contribution < 1.29 is 4.79 Å². The van der Waals surface area contributed by atoms with Crippen molar-refractivity contribution in [3.8, 4) is 0 Å². The van der Waals surface area contributed by atoms with Gasteiger partial charge in [-0.2, -0.15) is 0 Å². The van der Waals surface area contributed by atoms with E-state index < -0.39 is 0 Å². The Kier molecular flexibility index (Phi) is 6.32. The molecule has 0 spiro atoms. The zero-order valence-electron chi connectivity index (χ0n) is 15.7. The van der Waals surface area contributed by atoms with Crippen molar-refractivity contribution in [2.45, 2.75) is 44.3 Å². The number of carbonyl (C=O) groups excluding carboxylic acids is 1. The van der Waals surface area contributed by atoms with Crippen LogP contribution in [0.25, 0.3) is 0 Å². The topological polar surface area (TPSA) is 38.8 Å². The largest absolute Gasteiger partial charge is 0.331 e. The van der Waals surface area contributed by atoms with Crippen LogP contribution in [0.2, 0.25) is 0 Å². The number of piperidine rings is 2. The van der Waals surface area contributed by atoms with Gasteiger partial charge < -0.3 is 15.1 Å². The maximum Gasteiger partial charge on any atom is 0.319 e. The van der Waals surface area contributed by atoms with E-state index in [0.29, 0.717) is 12.1 Å². The van der Waals surface area contributed by atoms with Crippen LogP contribution in [-0.4, -0.2) is 73.1 Å². The van der Waals surface area contributed by atoms with Crippen molar-refractivity contribution in [1.29, 1.82) is 0 Å². The minimum atomic E-state index is 0.146. The first kappa shape index (κ1) is 18.2. The van der Waals surface area contributed by atoms with Crippen molar-refractivity contribution in [1.82, 2.24) is 20.0 Å². The molecule has 0 bridgehead atoms. The SMILES string of the molecule is CN(C)C(=O)N1CCC(NC2CCN(Cc3ccccc3)CC2)CC1. The van der Waals surface area contributed by atoms with E-state index in [4.69, 9.17) is 0 Å². The minimum Gasteiger partial charge on any atom is -0.331 e. The second kappa shape index (κ2) is 8.68. The maximum absolute atomic E-state index is 12.0. The molecule has 2 amide bonds. The number of amides is 2. The van der Waals surface area contributed by atoms with Crippen LogP contribution in [0.15, 0.2) is 30.3 Å². The van der Waals surface area contributed by atoms with Crippen molar-refractivity contribution in [3.63, 3.8) is 0 Å². The van der Waals surface area contributed by atoms with Crippen LogP contribution in [0.4, 0.5) is 4.79 Å². The fraction of sp³-hybridized carbons (Fsp3) is 0.650. The molecular weight excluding hydrogens is 312 g/mol. The lowest BCUT2D eigenvalue weighted by Crippen LogP contribution is -2.51. The summed E-state index contributed by atoms with van der Waals surface area (Å²) in [5, 5.41) is 3.85. The van der Waals surface area contributed by atoms with Crippen LogP contribution in [-0.2, 0) is 6.54 Å². The van der Waals surface area contributed by atoms with E-state index in [1.165, 1.54) is 31.5 Å². The molecule has 1 aromatic carbocycles. The highest BCUT2D eigenvalue weighted by Gasteiger charge is 2.26. The zero-order chi connectivity index (χ0) is 17.6. The van der Waals surface area contributed by atoms with Gasteiger partial charge in [0.1, 0.15) is 0 Å². The Balaban J connectivity index is 1.36. The molecule has 2 aliphatic heterocycles. The van der Waals surface area contributed by atoms with Gasteiger partial charge in [-0.1, -0.05) is 30.3 Å². The number of urea groups is 1. The fourth-order valence-corrected chi connectivity index (χ4v) is 3.95. The van der Waals surface area contributed by atoms with Crippen LogP contribution in [0, 0.1) is 0 Å². The summed E-state index contributed by atoms with van der Waals surface area (Å²) in [6, 6.07) is 12.1. The van der Waals surface area contributed by atoms with Crippen molar-refractivity contribution in [3.05, 3.63) is 35.9 Å². The fourth-order valence-electron chi connectivity index (χ4n) is 3.95. The molecule has 0 radical (unpaired) electrons. The number of nitrogens with one attached hydrogen (secondary N) is 1. The van der Waals surface area contributed by atoms with Crippen molar-refractivity contribution >= 4 is 6.03 Å². The molecule has 0 atom stereocenters. The Hall–Kier alpha value is -1.59. The quantitative estimate of drug-likeness (QED) is 0.911. The zero-order valence-corrected chi connectivity index (χ0v) is 15.7. The van der Waals surface area contributed by atoms with E-state index in [9.17, 15) is 4.79 Å². The normalized spacial score (nSPS) is 20.6. The minimum absolute atomic E-state index is 0.146. The third-order valence-corrected chi connectivity index (χ3v) is 5.46. The first-order chi connectivity index (χ1) is 12.1. The highest BCUT2D eigenvalue weighted by Crippen LogP contribution is 2.17. The second-order valence-electron chi connectivity index (χ2n) is 7.64. The van der Waals surface area contributed by atoms with E-state index in [2.05, 4.69) is 40.5 Å². The van der Waals surface area contributed by atoms with Crippen LogP contribution < -0.4 is 5.32 Å². The molecule has 2 aliphatic rings. The summed E-state index contributed by atoms with van der Waals surface area (Å²) in [7, 11) is 3.66. The maximum atomic E-state index is 12.0. The number of hydrogen-bond acceptors (Lipinski definition) is 3. The summed E-state index contributed by atoms with van der Waals surface area (Å²) in [5.41, 5.74) is 1.41. The van der Waals surface area contributed by atoms with Gasteiger partial charge in [-0.25, -0.2) is 4.79 Å². The first-order valence-corrected chi connectivity index (χ1v) is 9.60. The first-order valence-electron chi connectivity index (χ1n) is 9.60. The molecule has 0 aromatic heterocycles. The smallest absolute Gasteiger partial charge is 0.319 e. The highest BCUT2D eigenvalue weighted by atomic mass is 16.2. The second-order valence-corrected chi connectivity index (χ2v) is 7.64. The van der Waals surface area contributed by atoms with Crippen LogP contribution in [0.1, 0.15) is 31.2 Å². The predicted octanol–water partition coefficient (Wildman–Crippen LogP) is 2.39. The molecule has 3 rings (SSSR count). The summed E-state index contributed by atoms with van der Waals surface area (Å²) >= 11 is 0. The van der Waals surface area contributed by atoms with Gasteiger partial charge in [-0.3, -0.25) is 4.90 Å². The number of hydrogen-bond donors (Lipinski definition) is 1. The molecule has 138 valence electrons. The Morgan fingerprint density at radius 3 is 2.12 bits per heavy atom. The van der Waals surface area contributed by atoms with E-state index in [0.717, 1.165) is 32.5 Å². The molecule has 2 fully saturated rings. The Morgan fingerprint density at radius 2 is 1.56 bits per heavy atom. The van der Waals surface area contributed by atoms with Gasteiger partial charge in [0.05, 0.1) is 0 Å². The Labute approximate surface area is 152 Å². The Morgan fingerprint density at radius 1 is 1.00 bits per heavy atom. The lowest BCUT2D eigenvalue weighted by Gasteiger charge is -2.38. The van der Waals surface area contributed by atoms with E-state index in [-0.39, 0.29) is 6.03 Å².